The average molecular weight is 274 g/mol. The molecule has 0 radical (unpaired) electrons. The summed E-state index contributed by atoms with van der Waals surface area (Å²) in [5, 5.41) is 0.645. The van der Waals surface area contributed by atoms with E-state index >= 15 is 0 Å². The molecule has 0 saturated heterocycles. The van der Waals surface area contributed by atoms with Gasteiger partial charge in [0, 0.05) is 29.4 Å². The molecule has 0 aliphatic carbocycles. The molecule has 2 aromatic rings. The molecule has 0 heterocycles. The Balaban J connectivity index is 2.31. The Bertz CT molecular complexity index is 554. The van der Waals surface area contributed by atoms with Crippen LogP contribution in [0.15, 0.2) is 48.5 Å². The molecule has 2 aromatic carbocycles. The monoisotopic (exact) mass is 273 g/mol. The Morgan fingerprint density at radius 3 is 2.53 bits per heavy atom. The van der Waals surface area contributed by atoms with E-state index in [0.29, 0.717) is 10.6 Å². The van der Waals surface area contributed by atoms with Crippen molar-refractivity contribution in [3.8, 4) is 0 Å². The molecule has 0 atom stereocenters. The van der Waals surface area contributed by atoms with Crippen LogP contribution in [0.5, 0.6) is 0 Å². The van der Waals surface area contributed by atoms with E-state index in [1.54, 1.807) is 12.1 Å². The molecule has 0 aromatic heterocycles. The predicted molar refractivity (Wildman–Crippen MR) is 80.0 cm³/mol. The molecule has 0 fully saturated rings. The van der Waals surface area contributed by atoms with Crippen LogP contribution in [0.2, 0.25) is 5.02 Å². The van der Waals surface area contributed by atoms with Crippen molar-refractivity contribution in [2.45, 2.75) is 13.5 Å². The molecule has 0 amide bonds. The molecule has 0 aliphatic heterocycles. The van der Waals surface area contributed by atoms with Gasteiger partial charge in [-0.15, -0.1) is 0 Å². The van der Waals surface area contributed by atoms with Crippen molar-refractivity contribution in [3.05, 3.63) is 64.7 Å². The number of nitrogens with zero attached hydrogens (tertiary/aromatic N) is 1. The largest absolute Gasteiger partial charge is 0.367 e. The van der Waals surface area contributed by atoms with E-state index in [-0.39, 0.29) is 0 Å². The third kappa shape index (κ3) is 3.36. The molecule has 0 aliphatic rings. The van der Waals surface area contributed by atoms with Crippen molar-refractivity contribution in [2.24, 2.45) is 0 Å². The summed E-state index contributed by atoms with van der Waals surface area (Å²) in [6.45, 7) is 3.65. The molecular weight excluding hydrogens is 258 g/mol. The summed E-state index contributed by atoms with van der Waals surface area (Å²) in [6.07, 6.45) is 0.874. The van der Waals surface area contributed by atoms with Gasteiger partial charge in [0.25, 0.3) is 0 Å². The first-order valence-electron chi connectivity index (χ1n) is 6.28. The highest BCUT2D eigenvalue weighted by Gasteiger charge is 2.10. The molecule has 98 valence electrons. The van der Waals surface area contributed by atoms with Gasteiger partial charge in [-0.25, -0.2) is 0 Å². The standard InChI is InChI=1S/C16H16ClNO/c1-2-18(11-13-6-4-3-5-7-13)16-10-15(17)9-8-14(16)12-19/h3-10,12H,2,11H2,1H3. The Morgan fingerprint density at radius 2 is 1.89 bits per heavy atom. The molecule has 19 heavy (non-hydrogen) atoms. The minimum atomic E-state index is 0.645. The zero-order chi connectivity index (χ0) is 13.7. The number of halogens is 1. The lowest BCUT2D eigenvalue weighted by Gasteiger charge is -2.25. The summed E-state index contributed by atoms with van der Waals surface area (Å²) in [5.74, 6) is 0. The lowest BCUT2D eigenvalue weighted by atomic mass is 10.1. The van der Waals surface area contributed by atoms with E-state index < -0.39 is 0 Å². The zero-order valence-electron chi connectivity index (χ0n) is 10.8. The van der Waals surface area contributed by atoms with Crippen LogP contribution in [0.4, 0.5) is 5.69 Å². The van der Waals surface area contributed by atoms with Gasteiger partial charge in [0.2, 0.25) is 0 Å². The highest BCUT2D eigenvalue weighted by atomic mass is 35.5. The quantitative estimate of drug-likeness (QED) is 0.762. The fourth-order valence-corrected chi connectivity index (χ4v) is 2.23. The van der Waals surface area contributed by atoms with Crippen LogP contribution in [-0.4, -0.2) is 12.8 Å². The summed E-state index contributed by atoms with van der Waals surface area (Å²) >= 11 is 6.04. The molecule has 0 saturated carbocycles. The van der Waals surface area contributed by atoms with E-state index in [9.17, 15) is 4.79 Å². The van der Waals surface area contributed by atoms with E-state index in [2.05, 4.69) is 24.0 Å². The molecule has 2 rings (SSSR count). The van der Waals surface area contributed by atoms with Crippen LogP contribution in [-0.2, 0) is 6.54 Å². The highest BCUT2D eigenvalue weighted by molar-refractivity contribution is 6.31. The number of hydrogen-bond donors (Lipinski definition) is 0. The fourth-order valence-electron chi connectivity index (χ4n) is 2.06. The Morgan fingerprint density at radius 1 is 1.16 bits per heavy atom. The van der Waals surface area contributed by atoms with Gasteiger partial charge in [0.05, 0.1) is 0 Å². The van der Waals surface area contributed by atoms with Gasteiger partial charge in [0.1, 0.15) is 0 Å². The summed E-state index contributed by atoms with van der Waals surface area (Å²) in [5.41, 5.74) is 2.76. The number of rotatable bonds is 5. The third-order valence-electron chi connectivity index (χ3n) is 3.06. The maximum absolute atomic E-state index is 11.1. The maximum atomic E-state index is 11.1. The number of aldehydes is 1. The van der Waals surface area contributed by atoms with Gasteiger partial charge in [-0.2, -0.15) is 0 Å². The number of hydrogen-bond acceptors (Lipinski definition) is 2. The lowest BCUT2D eigenvalue weighted by Crippen LogP contribution is -2.23. The minimum Gasteiger partial charge on any atom is -0.367 e. The molecule has 0 spiro atoms. The van der Waals surface area contributed by atoms with Crippen LogP contribution in [0.1, 0.15) is 22.8 Å². The van der Waals surface area contributed by atoms with Gasteiger partial charge in [-0.05, 0) is 30.7 Å². The van der Waals surface area contributed by atoms with Crippen molar-refractivity contribution in [3.63, 3.8) is 0 Å². The van der Waals surface area contributed by atoms with Crippen LogP contribution < -0.4 is 4.90 Å². The first kappa shape index (κ1) is 13.6. The summed E-state index contributed by atoms with van der Waals surface area (Å²) < 4.78 is 0. The average Bonchev–Trinajstić information content (AvgIpc) is 2.46. The molecule has 3 heteroatoms. The third-order valence-corrected chi connectivity index (χ3v) is 3.29. The Kier molecular flexibility index (Phi) is 4.58. The minimum absolute atomic E-state index is 0.645. The van der Waals surface area contributed by atoms with Crippen LogP contribution in [0.25, 0.3) is 0 Å². The number of carbonyl (C=O) groups excluding carboxylic acids is 1. The molecular formula is C16H16ClNO. The van der Waals surface area contributed by atoms with Gasteiger partial charge < -0.3 is 4.90 Å². The van der Waals surface area contributed by atoms with Crippen molar-refractivity contribution in [1.29, 1.82) is 0 Å². The maximum Gasteiger partial charge on any atom is 0.152 e. The van der Waals surface area contributed by atoms with Gasteiger partial charge in [-0.3, -0.25) is 4.79 Å². The number of anilines is 1. The van der Waals surface area contributed by atoms with E-state index in [0.717, 1.165) is 25.1 Å². The second-order valence-corrected chi connectivity index (χ2v) is 4.76. The topological polar surface area (TPSA) is 20.3 Å². The second kappa shape index (κ2) is 6.39. The van der Waals surface area contributed by atoms with Crippen LogP contribution in [0, 0.1) is 0 Å². The Labute approximate surface area is 118 Å². The SMILES string of the molecule is CCN(Cc1ccccc1)c1cc(Cl)ccc1C=O. The Hall–Kier alpha value is -1.80. The summed E-state index contributed by atoms with van der Waals surface area (Å²) in [4.78, 5) is 13.3. The van der Waals surface area contributed by atoms with Gasteiger partial charge in [-0.1, -0.05) is 41.9 Å². The summed E-state index contributed by atoms with van der Waals surface area (Å²) in [7, 11) is 0. The predicted octanol–water partition coefficient (Wildman–Crippen LogP) is 4.18. The van der Waals surface area contributed by atoms with Crippen molar-refractivity contribution in [1.82, 2.24) is 0 Å². The first-order chi connectivity index (χ1) is 9.24. The van der Waals surface area contributed by atoms with E-state index in [1.807, 2.05) is 24.3 Å². The van der Waals surface area contributed by atoms with E-state index in [4.69, 9.17) is 11.6 Å². The van der Waals surface area contributed by atoms with Crippen LogP contribution >= 0.6 is 11.6 Å². The molecule has 0 N–H and O–H groups in total. The highest BCUT2D eigenvalue weighted by Crippen LogP contribution is 2.25. The second-order valence-electron chi connectivity index (χ2n) is 4.32. The zero-order valence-corrected chi connectivity index (χ0v) is 11.6. The summed E-state index contributed by atoms with van der Waals surface area (Å²) in [6, 6.07) is 15.5. The number of carbonyl (C=O) groups is 1. The first-order valence-corrected chi connectivity index (χ1v) is 6.66. The van der Waals surface area contributed by atoms with Gasteiger partial charge in [0.15, 0.2) is 6.29 Å². The molecule has 0 unspecified atom stereocenters. The lowest BCUT2D eigenvalue weighted by molar-refractivity contribution is 0.112. The number of benzene rings is 2. The fraction of sp³-hybridized carbons (Fsp3) is 0.188. The molecule has 0 bridgehead atoms. The van der Waals surface area contributed by atoms with Crippen molar-refractivity contribution >= 4 is 23.6 Å². The normalized spacial score (nSPS) is 10.2. The smallest absolute Gasteiger partial charge is 0.152 e. The van der Waals surface area contributed by atoms with E-state index in [1.165, 1.54) is 5.56 Å². The van der Waals surface area contributed by atoms with Crippen LogP contribution in [0.3, 0.4) is 0 Å². The molecule has 2 nitrogen and oxygen atoms in total. The van der Waals surface area contributed by atoms with Gasteiger partial charge >= 0.3 is 0 Å². The van der Waals surface area contributed by atoms with Crippen molar-refractivity contribution in [2.75, 3.05) is 11.4 Å². The van der Waals surface area contributed by atoms with Crippen molar-refractivity contribution < 1.29 is 4.79 Å².